The molecule has 0 spiro atoms. The Kier molecular flexibility index (Phi) is 6.51. The van der Waals surface area contributed by atoms with Crippen molar-refractivity contribution < 1.29 is 26.2 Å². The molecule has 2 aliphatic rings. The van der Waals surface area contributed by atoms with Crippen molar-refractivity contribution in [3.63, 3.8) is 0 Å². The molecule has 0 unspecified atom stereocenters. The van der Waals surface area contributed by atoms with Crippen molar-refractivity contribution in [3.05, 3.63) is 71.1 Å². The fraction of sp³-hybridized carbons (Fsp3) is 0.375. The number of allylic oxidation sites excluding steroid dienone is 1. The van der Waals surface area contributed by atoms with E-state index in [4.69, 9.17) is 0 Å². The van der Waals surface area contributed by atoms with E-state index in [9.17, 15) is 0 Å². The average molecular weight is 407 g/mol. The minimum absolute atomic E-state index is 0. The summed E-state index contributed by atoms with van der Waals surface area (Å²) in [4.78, 5) is 0. The molecule has 2 aromatic carbocycles. The van der Waals surface area contributed by atoms with Gasteiger partial charge in [-0.3, -0.25) is 0 Å². The molecule has 25 heavy (non-hydrogen) atoms. The van der Waals surface area contributed by atoms with Gasteiger partial charge in [-0.1, -0.05) is 93.1 Å². The first-order chi connectivity index (χ1) is 11.8. The molecule has 1 saturated carbocycles. The molecule has 1 radical (unpaired) electrons. The largest absolute Gasteiger partial charge is 0.0613 e. The zero-order chi connectivity index (χ0) is 16.4. The van der Waals surface area contributed by atoms with E-state index in [1.54, 1.807) is 0 Å². The predicted molar refractivity (Wildman–Crippen MR) is 104 cm³/mol. The van der Waals surface area contributed by atoms with E-state index < -0.39 is 0 Å². The Bertz CT molecular complexity index is 733. The maximum atomic E-state index is 2.45. The second-order valence-electron chi connectivity index (χ2n) is 7.43. The third-order valence-electron chi connectivity index (χ3n) is 5.73. The van der Waals surface area contributed by atoms with Crippen LogP contribution in [0.2, 0.25) is 0 Å². The molecule has 0 amide bonds. The van der Waals surface area contributed by atoms with Crippen molar-refractivity contribution in [2.45, 2.75) is 51.9 Å². The number of rotatable bonds is 4. The van der Waals surface area contributed by atoms with Crippen LogP contribution in [0, 0.1) is 12.3 Å². The summed E-state index contributed by atoms with van der Waals surface area (Å²) in [5, 5.41) is 0. The molecule has 127 valence electrons. The van der Waals surface area contributed by atoms with Crippen LogP contribution in [-0.2, 0) is 32.6 Å². The zero-order valence-electron chi connectivity index (χ0n) is 15.2. The quantitative estimate of drug-likeness (QED) is 0.522. The van der Waals surface area contributed by atoms with Crippen molar-refractivity contribution in [3.8, 4) is 11.1 Å². The van der Waals surface area contributed by atoms with Gasteiger partial charge >= 0.3 is 0 Å². The number of hydrogen-bond donors (Lipinski definition) is 0. The van der Waals surface area contributed by atoms with Crippen molar-refractivity contribution >= 4 is 6.08 Å². The molecule has 0 aromatic heterocycles. The molecule has 1 fully saturated rings. The average Bonchev–Trinajstić information content (AvgIpc) is 3.05. The number of hydrogen-bond acceptors (Lipinski definition) is 0. The Labute approximate surface area is 171 Å². The summed E-state index contributed by atoms with van der Waals surface area (Å²) in [6, 6.07) is 15.8. The normalized spacial score (nSPS) is 16.9. The Hall–Kier alpha value is -0.937. The Morgan fingerprint density at radius 1 is 0.920 bits per heavy atom. The fourth-order valence-electron chi connectivity index (χ4n) is 4.31. The van der Waals surface area contributed by atoms with Gasteiger partial charge in [0.05, 0.1) is 0 Å². The third kappa shape index (κ3) is 4.25. The predicted octanol–water partition coefficient (Wildman–Crippen LogP) is 6.83. The minimum atomic E-state index is 0. The Morgan fingerprint density at radius 3 is 2.40 bits per heavy atom. The van der Waals surface area contributed by atoms with E-state index in [2.05, 4.69) is 61.9 Å². The van der Waals surface area contributed by atoms with Gasteiger partial charge in [0, 0.05) is 32.6 Å². The second-order valence-corrected chi connectivity index (χ2v) is 7.43. The molecule has 0 nitrogen and oxygen atoms in total. The summed E-state index contributed by atoms with van der Waals surface area (Å²) in [6.07, 6.45) is 14.4. The Balaban J connectivity index is 0.00000182. The molecular weight excluding hydrogens is 379 g/mol. The van der Waals surface area contributed by atoms with Gasteiger partial charge < -0.3 is 0 Å². The maximum absolute atomic E-state index is 2.45. The second kappa shape index (κ2) is 8.63. The molecule has 4 rings (SSSR count). The zero-order valence-corrected chi connectivity index (χ0v) is 17.7. The summed E-state index contributed by atoms with van der Waals surface area (Å²) in [6.45, 7) is 2.21. The number of benzene rings is 2. The van der Waals surface area contributed by atoms with Crippen LogP contribution in [0.5, 0.6) is 0 Å². The SMILES string of the molecule is CCc1ccc(-c2cccc3c2C=C(CC2CCCCC2)[CH]3)cc1.[Zr]. The molecule has 0 heterocycles. The molecule has 0 bridgehead atoms. The van der Waals surface area contributed by atoms with E-state index in [0.717, 1.165) is 12.3 Å². The molecule has 2 aromatic rings. The Morgan fingerprint density at radius 2 is 1.68 bits per heavy atom. The maximum Gasteiger partial charge on any atom is 0.0164 e. The number of fused-ring (bicyclic) bond motifs is 1. The van der Waals surface area contributed by atoms with E-state index in [1.165, 1.54) is 71.9 Å². The van der Waals surface area contributed by atoms with Crippen LogP contribution in [0.3, 0.4) is 0 Å². The summed E-state index contributed by atoms with van der Waals surface area (Å²) in [7, 11) is 0. The van der Waals surface area contributed by atoms with E-state index in [1.807, 2.05) is 0 Å². The van der Waals surface area contributed by atoms with Crippen molar-refractivity contribution in [1.82, 2.24) is 0 Å². The summed E-state index contributed by atoms with van der Waals surface area (Å²) >= 11 is 0. The van der Waals surface area contributed by atoms with Crippen molar-refractivity contribution in [2.24, 2.45) is 5.92 Å². The minimum Gasteiger partial charge on any atom is -0.0613 e. The topological polar surface area (TPSA) is 0 Å². The molecule has 0 atom stereocenters. The van der Waals surface area contributed by atoms with Crippen molar-refractivity contribution in [2.75, 3.05) is 0 Å². The monoisotopic (exact) mass is 405 g/mol. The molecule has 0 N–H and O–H groups in total. The van der Waals surface area contributed by atoms with Crippen LogP contribution in [0.25, 0.3) is 17.2 Å². The summed E-state index contributed by atoms with van der Waals surface area (Å²) < 4.78 is 0. The van der Waals surface area contributed by atoms with Gasteiger partial charge in [0.15, 0.2) is 0 Å². The van der Waals surface area contributed by atoms with Gasteiger partial charge in [-0.05, 0) is 46.6 Å². The van der Waals surface area contributed by atoms with Crippen LogP contribution < -0.4 is 0 Å². The van der Waals surface area contributed by atoms with Crippen LogP contribution >= 0.6 is 0 Å². The summed E-state index contributed by atoms with van der Waals surface area (Å²) in [5.41, 5.74) is 8.49. The first-order valence-electron chi connectivity index (χ1n) is 9.61. The first kappa shape index (κ1) is 18.8. The summed E-state index contributed by atoms with van der Waals surface area (Å²) in [5.74, 6) is 0.905. The fourth-order valence-corrected chi connectivity index (χ4v) is 4.31. The van der Waals surface area contributed by atoms with Crippen LogP contribution in [0.1, 0.15) is 62.1 Å². The van der Waals surface area contributed by atoms with E-state index >= 15 is 0 Å². The van der Waals surface area contributed by atoms with Gasteiger partial charge in [0.25, 0.3) is 0 Å². The van der Waals surface area contributed by atoms with Gasteiger partial charge in [-0.2, -0.15) is 0 Å². The third-order valence-corrected chi connectivity index (χ3v) is 5.73. The van der Waals surface area contributed by atoms with Gasteiger partial charge in [-0.15, -0.1) is 0 Å². The van der Waals surface area contributed by atoms with Crippen LogP contribution in [-0.4, -0.2) is 0 Å². The first-order valence-corrected chi connectivity index (χ1v) is 9.61. The van der Waals surface area contributed by atoms with Gasteiger partial charge in [-0.25, -0.2) is 0 Å². The molecule has 1 heteroatoms. The van der Waals surface area contributed by atoms with E-state index in [-0.39, 0.29) is 26.2 Å². The van der Waals surface area contributed by atoms with E-state index in [0.29, 0.717) is 0 Å². The van der Waals surface area contributed by atoms with Gasteiger partial charge in [0.1, 0.15) is 0 Å². The van der Waals surface area contributed by atoms with Crippen LogP contribution in [0.15, 0.2) is 48.0 Å². The smallest absolute Gasteiger partial charge is 0.0164 e. The molecular formula is C24H27Zr. The number of aryl methyl sites for hydroxylation is 1. The molecule has 2 aliphatic carbocycles. The standard InChI is InChI=1S/C24H27.Zr/c1-2-18-11-13-21(14-12-18)23-10-6-9-22-16-20(17-24(22)23)15-19-7-4-3-5-8-19;/h6,9-14,16-17,19H,2-5,7-8,15H2,1H3;. The molecule has 0 aliphatic heterocycles. The van der Waals surface area contributed by atoms with Gasteiger partial charge in [0.2, 0.25) is 0 Å². The van der Waals surface area contributed by atoms with Crippen molar-refractivity contribution in [1.29, 1.82) is 0 Å². The molecule has 0 saturated heterocycles. The van der Waals surface area contributed by atoms with Crippen LogP contribution in [0.4, 0.5) is 0 Å².